The molecule has 0 aromatic heterocycles. The van der Waals surface area contributed by atoms with Crippen LogP contribution in [-0.2, 0) is 11.2 Å². The molecule has 0 saturated heterocycles. The number of hydrogen-bond acceptors (Lipinski definition) is 1. The van der Waals surface area contributed by atoms with E-state index in [0.717, 1.165) is 23.2 Å². The van der Waals surface area contributed by atoms with Gasteiger partial charge in [-0.25, -0.2) is 0 Å². The highest BCUT2D eigenvalue weighted by atomic mass is 16.1. The van der Waals surface area contributed by atoms with Gasteiger partial charge < -0.3 is 5.32 Å². The molecule has 2 heteroatoms. The summed E-state index contributed by atoms with van der Waals surface area (Å²) in [5.41, 5.74) is 5.60. The molecule has 0 bridgehead atoms. The van der Waals surface area contributed by atoms with Crippen molar-refractivity contribution in [3.8, 4) is 0 Å². The molecule has 1 N–H and O–H groups in total. The van der Waals surface area contributed by atoms with Gasteiger partial charge in [-0.05, 0) is 61.4 Å². The highest BCUT2D eigenvalue weighted by Crippen LogP contribution is 2.22. The van der Waals surface area contributed by atoms with Crippen LogP contribution >= 0.6 is 0 Å². The summed E-state index contributed by atoms with van der Waals surface area (Å²) in [6.45, 7) is 10.5. The maximum absolute atomic E-state index is 12.5. The average molecular weight is 309 g/mol. The first-order valence-electron chi connectivity index (χ1n) is 8.34. The normalized spacial score (nSPS) is 12.3. The topological polar surface area (TPSA) is 29.1 Å². The van der Waals surface area contributed by atoms with E-state index in [2.05, 4.69) is 56.4 Å². The first-order chi connectivity index (χ1) is 10.9. The average Bonchev–Trinajstić information content (AvgIpc) is 2.51. The summed E-state index contributed by atoms with van der Waals surface area (Å²) in [7, 11) is 0. The lowest BCUT2D eigenvalue weighted by atomic mass is 9.96. The van der Waals surface area contributed by atoms with Crippen molar-refractivity contribution in [1.29, 1.82) is 0 Å². The molecule has 0 unspecified atom stereocenters. The molecule has 0 fully saturated rings. The van der Waals surface area contributed by atoms with Gasteiger partial charge in [0.15, 0.2) is 0 Å². The Balaban J connectivity index is 2.08. The molecule has 122 valence electrons. The molecule has 0 aliphatic heterocycles. The van der Waals surface area contributed by atoms with Crippen LogP contribution in [0.3, 0.4) is 0 Å². The van der Waals surface area contributed by atoms with E-state index in [1.165, 1.54) is 11.1 Å². The Labute approximate surface area is 139 Å². The van der Waals surface area contributed by atoms with Crippen LogP contribution in [0.4, 0.5) is 5.69 Å². The van der Waals surface area contributed by atoms with Crippen LogP contribution in [0.25, 0.3) is 0 Å². The first-order valence-corrected chi connectivity index (χ1v) is 8.34. The number of aryl methyl sites for hydroxylation is 1. The van der Waals surface area contributed by atoms with E-state index in [1.807, 2.05) is 26.0 Å². The molecule has 0 spiro atoms. The van der Waals surface area contributed by atoms with E-state index in [0.29, 0.717) is 5.92 Å². The number of amides is 1. The molecule has 2 nitrogen and oxygen atoms in total. The summed E-state index contributed by atoms with van der Waals surface area (Å²) in [5.74, 6) is 0.518. The SMILES string of the molecule is Cc1cccc(NC(=O)[C@@H](C)c2ccc(CC(C)C)cc2)c1C. The summed E-state index contributed by atoms with van der Waals surface area (Å²) in [4.78, 5) is 12.5. The third kappa shape index (κ3) is 4.44. The Bertz CT molecular complexity index is 671. The molecule has 2 aromatic carbocycles. The summed E-state index contributed by atoms with van der Waals surface area (Å²) >= 11 is 0. The van der Waals surface area contributed by atoms with Gasteiger partial charge in [-0.3, -0.25) is 4.79 Å². The molecule has 1 amide bonds. The fourth-order valence-corrected chi connectivity index (χ4v) is 2.69. The van der Waals surface area contributed by atoms with Crippen LogP contribution < -0.4 is 5.32 Å². The highest BCUT2D eigenvalue weighted by Gasteiger charge is 2.16. The van der Waals surface area contributed by atoms with Crippen LogP contribution in [0.15, 0.2) is 42.5 Å². The van der Waals surface area contributed by atoms with Crippen molar-refractivity contribution in [2.45, 2.75) is 47.0 Å². The van der Waals surface area contributed by atoms with Gasteiger partial charge in [-0.1, -0.05) is 50.2 Å². The van der Waals surface area contributed by atoms with E-state index in [4.69, 9.17) is 0 Å². The Morgan fingerprint density at radius 1 is 1.00 bits per heavy atom. The predicted octanol–water partition coefficient (Wildman–Crippen LogP) is 5.24. The van der Waals surface area contributed by atoms with Gasteiger partial charge in [-0.2, -0.15) is 0 Å². The van der Waals surface area contributed by atoms with Gasteiger partial charge in [-0.15, -0.1) is 0 Å². The second kappa shape index (κ2) is 7.45. The number of carbonyl (C=O) groups is 1. The zero-order chi connectivity index (χ0) is 17.0. The fourth-order valence-electron chi connectivity index (χ4n) is 2.69. The minimum atomic E-state index is -0.164. The number of carbonyl (C=O) groups excluding carboxylic acids is 1. The molecule has 0 heterocycles. The quantitative estimate of drug-likeness (QED) is 0.803. The van der Waals surface area contributed by atoms with Crippen LogP contribution in [0.1, 0.15) is 48.9 Å². The summed E-state index contributed by atoms with van der Waals surface area (Å²) < 4.78 is 0. The number of rotatable bonds is 5. The molecule has 0 radical (unpaired) electrons. The number of benzene rings is 2. The molecule has 0 aliphatic rings. The summed E-state index contributed by atoms with van der Waals surface area (Å²) in [6.07, 6.45) is 1.07. The van der Waals surface area contributed by atoms with Crippen LogP contribution in [0.2, 0.25) is 0 Å². The number of hydrogen-bond donors (Lipinski definition) is 1. The van der Waals surface area contributed by atoms with Crippen molar-refractivity contribution in [2.24, 2.45) is 5.92 Å². The number of nitrogens with one attached hydrogen (secondary N) is 1. The summed E-state index contributed by atoms with van der Waals surface area (Å²) in [5, 5.41) is 3.06. The van der Waals surface area contributed by atoms with E-state index in [-0.39, 0.29) is 11.8 Å². The Kier molecular flexibility index (Phi) is 5.59. The zero-order valence-electron chi connectivity index (χ0n) is 14.8. The molecule has 2 rings (SSSR count). The van der Waals surface area contributed by atoms with Gasteiger partial charge in [0.1, 0.15) is 0 Å². The third-order valence-corrected chi connectivity index (χ3v) is 4.38. The lowest BCUT2D eigenvalue weighted by Crippen LogP contribution is -2.19. The molecular weight excluding hydrogens is 282 g/mol. The van der Waals surface area contributed by atoms with Crippen molar-refractivity contribution in [2.75, 3.05) is 5.32 Å². The van der Waals surface area contributed by atoms with Crippen LogP contribution in [0.5, 0.6) is 0 Å². The van der Waals surface area contributed by atoms with Crippen molar-refractivity contribution >= 4 is 11.6 Å². The highest BCUT2D eigenvalue weighted by molar-refractivity contribution is 5.96. The first kappa shape index (κ1) is 17.3. The molecule has 2 aromatic rings. The Hall–Kier alpha value is -2.09. The molecular formula is C21H27NO. The van der Waals surface area contributed by atoms with E-state index >= 15 is 0 Å². The smallest absolute Gasteiger partial charge is 0.231 e. The van der Waals surface area contributed by atoms with Crippen molar-refractivity contribution in [3.63, 3.8) is 0 Å². The summed E-state index contributed by atoms with van der Waals surface area (Å²) in [6, 6.07) is 14.4. The standard InChI is InChI=1S/C21H27NO/c1-14(2)13-18-9-11-19(12-10-18)17(5)21(23)22-20-8-6-7-15(3)16(20)4/h6-12,14,17H,13H2,1-5H3,(H,22,23)/t17-/m0/s1. The maximum atomic E-state index is 12.5. The second-order valence-electron chi connectivity index (χ2n) is 6.80. The minimum Gasteiger partial charge on any atom is -0.325 e. The second-order valence-corrected chi connectivity index (χ2v) is 6.80. The zero-order valence-corrected chi connectivity index (χ0v) is 14.8. The largest absolute Gasteiger partial charge is 0.325 e. The Morgan fingerprint density at radius 3 is 2.26 bits per heavy atom. The van der Waals surface area contributed by atoms with Gasteiger partial charge >= 0.3 is 0 Å². The van der Waals surface area contributed by atoms with Gasteiger partial charge in [0.25, 0.3) is 0 Å². The van der Waals surface area contributed by atoms with Crippen molar-refractivity contribution in [3.05, 3.63) is 64.7 Å². The van der Waals surface area contributed by atoms with Gasteiger partial charge in [0.05, 0.1) is 5.92 Å². The van der Waals surface area contributed by atoms with Gasteiger partial charge in [0, 0.05) is 5.69 Å². The molecule has 23 heavy (non-hydrogen) atoms. The fraction of sp³-hybridized carbons (Fsp3) is 0.381. The monoisotopic (exact) mass is 309 g/mol. The van der Waals surface area contributed by atoms with Crippen LogP contribution in [0, 0.1) is 19.8 Å². The van der Waals surface area contributed by atoms with E-state index in [9.17, 15) is 4.79 Å². The third-order valence-electron chi connectivity index (χ3n) is 4.38. The minimum absolute atomic E-state index is 0.0373. The molecule has 0 saturated carbocycles. The number of anilines is 1. The molecule has 1 atom stereocenters. The van der Waals surface area contributed by atoms with E-state index < -0.39 is 0 Å². The lowest BCUT2D eigenvalue weighted by molar-refractivity contribution is -0.117. The molecule has 0 aliphatic carbocycles. The Morgan fingerprint density at radius 2 is 1.65 bits per heavy atom. The van der Waals surface area contributed by atoms with E-state index in [1.54, 1.807) is 0 Å². The van der Waals surface area contributed by atoms with Gasteiger partial charge in [0.2, 0.25) is 5.91 Å². The lowest BCUT2D eigenvalue weighted by Gasteiger charge is -2.15. The van der Waals surface area contributed by atoms with Crippen molar-refractivity contribution in [1.82, 2.24) is 0 Å². The predicted molar refractivity (Wildman–Crippen MR) is 97.9 cm³/mol. The van der Waals surface area contributed by atoms with Crippen molar-refractivity contribution < 1.29 is 4.79 Å². The maximum Gasteiger partial charge on any atom is 0.231 e. The van der Waals surface area contributed by atoms with Crippen LogP contribution in [-0.4, -0.2) is 5.91 Å².